The van der Waals surface area contributed by atoms with Crippen LogP contribution in [0.3, 0.4) is 0 Å². The minimum atomic E-state index is -3.32. The molecule has 0 saturated carbocycles. The van der Waals surface area contributed by atoms with Gasteiger partial charge in [0.25, 0.3) is 5.91 Å². The normalized spacial score (nSPS) is 18.8. The number of rotatable bonds is 3. The molecule has 0 saturated heterocycles. The van der Waals surface area contributed by atoms with Crippen LogP contribution in [0.1, 0.15) is 43.7 Å². The molecule has 1 amide bonds. The molecule has 2 aromatic heterocycles. The fourth-order valence-corrected chi connectivity index (χ4v) is 7.25. The van der Waals surface area contributed by atoms with E-state index in [-0.39, 0.29) is 11.9 Å². The first-order valence-corrected chi connectivity index (χ1v) is 13.6. The summed E-state index contributed by atoms with van der Waals surface area (Å²) in [7, 11) is -3.32. The zero-order chi connectivity index (χ0) is 20.9. The summed E-state index contributed by atoms with van der Waals surface area (Å²) >= 11 is 3.44. The second-order valence-electron chi connectivity index (χ2n) is 7.75. The molecule has 5 rings (SSSR count). The molecule has 0 bridgehead atoms. The molecule has 1 aromatic carbocycles. The number of carbonyl (C=O) groups excluding carboxylic acids is 1. The first kappa shape index (κ1) is 19.8. The SMILES string of the molecule is CS(=O)(=O)N1CCCc2cc(C(=O)N3CCc4sccc4[C@H]3c3cccs3)ccc21. The van der Waals surface area contributed by atoms with Crippen molar-refractivity contribution in [2.75, 3.05) is 23.7 Å². The van der Waals surface area contributed by atoms with Crippen LogP contribution in [0.4, 0.5) is 5.69 Å². The van der Waals surface area contributed by atoms with Crippen LogP contribution >= 0.6 is 22.7 Å². The molecule has 1 atom stereocenters. The van der Waals surface area contributed by atoms with Gasteiger partial charge in [-0.05, 0) is 71.5 Å². The number of anilines is 1. The Morgan fingerprint density at radius 1 is 1.07 bits per heavy atom. The van der Waals surface area contributed by atoms with E-state index in [0.29, 0.717) is 24.3 Å². The number of hydrogen-bond acceptors (Lipinski definition) is 5. The molecule has 0 fully saturated rings. The van der Waals surface area contributed by atoms with E-state index in [1.165, 1.54) is 25.9 Å². The highest BCUT2D eigenvalue weighted by Crippen LogP contribution is 2.40. The maximum Gasteiger partial charge on any atom is 0.254 e. The van der Waals surface area contributed by atoms with Crippen molar-refractivity contribution in [2.45, 2.75) is 25.3 Å². The highest BCUT2D eigenvalue weighted by Gasteiger charge is 2.34. The maximum absolute atomic E-state index is 13.6. The minimum absolute atomic E-state index is 0.00419. The van der Waals surface area contributed by atoms with Gasteiger partial charge in [-0.1, -0.05) is 6.07 Å². The number of fused-ring (bicyclic) bond motifs is 2. The molecule has 2 aliphatic rings. The molecule has 5 nitrogen and oxygen atoms in total. The van der Waals surface area contributed by atoms with Gasteiger partial charge < -0.3 is 4.90 Å². The quantitative estimate of drug-likeness (QED) is 0.588. The third-order valence-corrected chi connectivity index (χ3v) is 8.94. The van der Waals surface area contributed by atoms with Crippen LogP contribution < -0.4 is 4.31 Å². The number of sulfonamides is 1. The minimum Gasteiger partial charge on any atom is -0.326 e. The van der Waals surface area contributed by atoms with Gasteiger partial charge in [0.05, 0.1) is 18.0 Å². The van der Waals surface area contributed by atoms with Crippen LogP contribution in [-0.2, 0) is 22.9 Å². The summed E-state index contributed by atoms with van der Waals surface area (Å²) in [6.45, 7) is 1.17. The maximum atomic E-state index is 13.6. The van der Waals surface area contributed by atoms with Crippen LogP contribution in [0, 0.1) is 0 Å². The number of carbonyl (C=O) groups is 1. The van der Waals surface area contributed by atoms with Crippen LogP contribution in [0.25, 0.3) is 0 Å². The van der Waals surface area contributed by atoms with E-state index in [1.54, 1.807) is 34.8 Å². The Morgan fingerprint density at radius 2 is 1.93 bits per heavy atom. The van der Waals surface area contributed by atoms with Gasteiger partial charge in [0.1, 0.15) is 0 Å². The van der Waals surface area contributed by atoms with E-state index in [4.69, 9.17) is 0 Å². The van der Waals surface area contributed by atoms with Gasteiger partial charge in [0.15, 0.2) is 0 Å². The van der Waals surface area contributed by atoms with E-state index in [2.05, 4.69) is 22.9 Å². The van der Waals surface area contributed by atoms with Crippen molar-refractivity contribution in [2.24, 2.45) is 0 Å². The second-order valence-corrected chi connectivity index (χ2v) is 11.6. The van der Waals surface area contributed by atoms with E-state index in [9.17, 15) is 13.2 Å². The number of benzene rings is 1. The fourth-order valence-electron chi connectivity index (χ4n) is 4.49. The van der Waals surface area contributed by atoms with Crippen molar-refractivity contribution in [1.29, 1.82) is 0 Å². The lowest BCUT2D eigenvalue weighted by Gasteiger charge is -2.36. The van der Waals surface area contributed by atoms with Crippen LogP contribution in [0.15, 0.2) is 47.2 Å². The molecule has 0 N–H and O–H groups in total. The van der Waals surface area contributed by atoms with Gasteiger partial charge in [0.2, 0.25) is 10.0 Å². The standard InChI is InChI=1S/C22H22N2O3S3/c1-30(26,27)24-10-2-4-15-14-16(6-7-18(15)24)22(25)23-11-8-19-17(9-13-29-19)21(23)20-5-3-12-28-20/h3,5-7,9,12-14,21H,2,4,8,10-11H2,1H3/t21-/m0/s1. The first-order valence-electron chi connectivity index (χ1n) is 9.95. The van der Waals surface area contributed by atoms with Crippen molar-refractivity contribution in [3.8, 4) is 0 Å². The number of nitrogens with zero attached hydrogens (tertiary/aromatic N) is 2. The summed E-state index contributed by atoms with van der Waals surface area (Å²) in [5.74, 6) is 0.00419. The molecule has 0 aliphatic carbocycles. The highest BCUT2D eigenvalue weighted by atomic mass is 32.2. The van der Waals surface area contributed by atoms with Crippen molar-refractivity contribution >= 4 is 44.3 Å². The molecule has 2 aliphatic heterocycles. The summed E-state index contributed by atoms with van der Waals surface area (Å²) in [4.78, 5) is 18.1. The van der Waals surface area contributed by atoms with Gasteiger partial charge in [0, 0.05) is 28.4 Å². The first-order chi connectivity index (χ1) is 14.4. The third-order valence-electron chi connectivity index (χ3n) is 5.84. The fraction of sp³-hybridized carbons (Fsp3) is 0.318. The zero-order valence-corrected chi connectivity index (χ0v) is 19.0. The van der Waals surface area contributed by atoms with Gasteiger partial charge in [-0.2, -0.15) is 0 Å². The summed E-state index contributed by atoms with van der Waals surface area (Å²) in [5.41, 5.74) is 3.49. The van der Waals surface area contributed by atoms with Crippen molar-refractivity contribution in [3.05, 3.63) is 73.6 Å². The Balaban J connectivity index is 1.52. The Labute approximate surface area is 184 Å². The lowest BCUT2D eigenvalue weighted by Crippen LogP contribution is -2.40. The van der Waals surface area contributed by atoms with Crippen molar-refractivity contribution in [1.82, 2.24) is 4.90 Å². The molecular formula is C22H22N2O3S3. The molecule has 30 heavy (non-hydrogen) atoms. The Hall–Kier alpha value is -2.16. The number of aryl methyl sites for hydroxylation is 1. The number of hydrogen-bond donors (Lipinski definition) is 0. The predicted molar refractivity (Wildman–Crippen MR) is 122 cm³/mol. The Morgan fingerprint density at radius 3 is 2.70 bits per heavy atom. The molecular weight excluding hydrogens is 436 g/mol. The van der Waals surface area contributed by atoms with Gasteiger partial charge in [-0.3, -0.25) is 9.10 Å². The van der Waals surface area contributed by atoms with Gasteiger partial charge >= 0.3 is 0 Å². The van der Waals surface area contributed by atoms with E-state index in [0.717, 1.165) is 24.8 Å². The Kier molecular flexibility index (Phi) is 4.95. The average Bonchev–Trinajstić information content (AvgIpc) is 3.42. The zero-order valence-electron chi connectivity index (χ0n) is 16.6. The van der Waals surface area contributed by atoms with Crippen LogP contribution in [0.2, 0.25) is 0 Å². The summed E-state index contributed by atoms with van der Waals surface area (Å²) in [6.07, 6.45) is 3.65. The lowest BCUT2D eigenvalue weighted by molar-refractivity contribution is 0.0698. The van der Waals surface area contributed by atoms with Gasteiger partial charge in [-0.25, -0.2) is 8.42 Å². The van der Waals surface area contributed by atoms with Gasteiger partial charge in [-0.15, -0.1) is 22.7 Å². The van der Waals surface area contributed by atoms with Crippen molar-refractivity contribution < 1.29 is 13.2 Å². The van der Waals surface area contributed by atoms with E-state index < -0.39 is 10.0 Å². The third kappa shape index (κ3) is 3.36. The molecule has 0 radical (unpaired) electrons. The number of amides is 1. The topological polar surface area (TPSA) is 57.7 Å². The Bertz CT molecular complexity index is 1200. The largest absolute Gasteiger partial charge is 0.326 e. The molecule has 3 aromatic rings. The summed E-state index contributed by atoms with van der Waals surface area (Å²) in [5, 5.41) is 4.16. The summed E-state index contributed by atoms with van der Waals surface area (Å²) in [6, 6.07) is 11.7. The lowest BCUT2D eigenvalue weighted by atomic mass is 9.96. The smallest absolute Gasteiger partial charge is 0.254 e. The summed E-state index contributed by atoms with van der Waals surface area (Å²) < 4.78 is 25.7. The molecule has 8 heteroatoms. The van der Waals surface area contributed by atoms with Crippen molar-refractivity contribution in [3.63, 3.8) is 0 Å². The highest BCUT2D eigenvalue weighted by molar-refractivity contribution is 7.92. The predicted octanol–water partition coefficient (Wildman–Crippen LogP) is 4.31. The average molecular weight is 459 g/mol. The molecule has 0 unspecified atom stereocenters. The number of thiophene rings is 2. The monoisotopic (exact) mass is 458 g/mol. The van der Waals surface area contributed by atoms with Crippen LogP contribution in [0.5, 0.6) is 0 Å². The second kappa shape index (κ2) is 7.51. The molecule has 0 spiro atoms. The van der Waals surface area contributed by atoms with Crippen LogP contribution in [-0.4, -0.2) is 38.6 Å². The molecule has 156 valence electrons. The molecule has 4 heterocycles. The van der Waals surface area contributed by atoms with E-state index >= 15 is 0 Å². The van der Waals surface area contributed by atoms with E-state index in [1.807, 2.05) is 17.0 Å².